The molecule has 0 amide bonds. The van der Waals surface area contributed by atoms with Crippen LogP contribution in [0.2, 0.25) is 0 Å². The molecule has 2 nitrogen and oxygen atoms in total. The maximum Gasteiger partial charge on any atom is 0.0656 e. The fourth-order valence-electron chi connectivity index (χ4n) is 1.30. The van der Waals surface area contributed by atoms with E-state index in [4.69, 9.17) is 5.26 Å². The van der Waals surface area contributed by atoms with E-state index in [-0.39, 0.29) is 0 Å². The van der Waals surface area contributed by atoms with Crippen LogP contribution in [0, 0.1) is 17.2 Å². The Morgan fingerprint density at radius 1 is 1.50 bits per heavy atom. The van der Waals surface area contributed by atoms with Crippen LogP contribution < -0.4 is 0 Å². The van der Waals surface area contributed by atoms with Gasteiger partial charge in [0, 0.05) is 18.7 Å². The normalized spacial score (nSPS) is 25.6. The van der Waals surface area contributed by atoms with Crippen LogP contribution in [0.4, 0.5) is 0 Å². The Morgan fingerprint density at radius 2 is 2.10 bits per heavy atom. The molecule has 1 rings (SSSR count). The van der Waals surface area contributed by atoms with E-state index in [0.29, 0.717) is 5.92 Å². The third-order valence-corrected chi connectivity index (χ3v) is 2.06. The minimum Gasteiger partial charge on any atom is -0.297 e. The van der Waals surface area contributed by atoms with Crippen LogP contribution >= 0.6 is 0 Å². The number of nitrogens with zero attached hydrogens (tertiary/aromatic N) is 2. The third kappa shape index (κ3) is 1.57. The molecule has 1 aliphatic rings. The van der Waals surface area contributed by atoms with Gasteiger partial charge in [0.1, 0.15) is 0 Å². The van der Waals surface area contributed by atoms with Crippen molar-refractivity contribution in [3.63, 3.8) is 0 Å². The molecule has 0 aromatic heterocycles. The molecule has 0 unspecified atom stereocenters. The molecule has 0 heterocycles. The van der Waals surface area contributed by atoms with Crippen LogP contribution in [-0.4, -0.2) is 12.8 Å². The molecular formula is C8H12N2. The smallest absolute Gasteiger partial charge is 0.0656 e. The predicted octanol–water partition coefficient (Wildman–Crippen LogP) is 1.77. The Morgan fingerprint density at radius 3 is 2.50 bits per heavy atom. The van der Waals surface area contributed by atoms with Crippen LogP contribution in [0.25, 0.3) is 0 Å². The van der Waals surface area contributed by atoms with E-state index in [1.165, 1.54) is 5.71 Å². The van der Waals surface area contributed by atoms with Gasteiger partial charge in [-0.2, -0.15) is 5.26 Å². The molecule has 0 aromatic rings. The van der Waals surface area contributed by atoms with Crippen molar-refractivity contribution in [2.24, 2.45) is 10.9 Å². The highest BCUT2D eigenvalue weighted by Crippen LogP contribution is 2.20. The lowest BCUT2D eigenvalue weighted by Gasteiger charge is -2.16. The summed E-state index contributed by atoms with van der Waals surface area (Å²) in [5, 5.41) is 8.56. The molecule has 0 radical (unpaired) electrons. The standard InChI is InChI=1S/C8H12N2/c1-10-8-4-2-7(6-9)3-5-8/h7H,2-5H2,1H3. The Bertz CT molecular complexity index is 166. The number of aliphatic imine (C=N–C) groups is 1. The lowest BCUT2D eigenvalue weighted by molar-refractivity contribution is 0.545. The zero-order chi connectivity index (χ0) is 7.40. The monoisotopic (exact) mass is 136 g/mol. The van der Waals surface area contributed by atoms with Crippen molar-refractivity contribution in [3.8, 4) is 6.07 Å². The Labute approximate surface area is 61.6 Å². The molecule has 1 saturated carbocycles. The highest BCUT2D eigenvalue weighted by atomic mass is 14.7. The van der Waals surface area contributed by atoms with Gasteiger partial charge < -0.3 is 0 Å². The SMILES string of the molecule is CN=C1CCC(C#N)CC1. The van der Waals surface area contributed by atoms with Crippen molar-refractivity contribution >= 4 is 5.71 Å². The summed E-state index contributed by atoms with van der Waals surface area (Å²) in [6.45, 7) is 0. The Balaban J connectivity index is 2.40. The van der Waals surface area contributed by atoms with E-state index >= 15 is 0 Å². The Kier molecular flexibility index (Phi) is 2.44. The minimum absolute atomic E-state index is 0.297. The number of hydrogen-bond acceptors (Lipinski definition) is 2. The van der Waals surface area contributed by atoms with E-state index in [1.54, 1.807) is 0 Å². The fourth-order valence-corrected chi connectivity index (χ4v) is 1.30. The van der Waals surface area contributed by atoms with Crippen LogP contribution in [0.1, 0.15) is 25.7 Å². The number of rotatable bonds is 0. The summed E-state index contributed by atoms with van der Waals surface area (Å²) in [6, 6.07) is 2.29. The van der Waals surface area contributed by atoms with Gasteiger partial charge in [0.15, 0.2) is 0 Å². The molecular weight excluding hydrogens is 124 g/mol. The zero-order valence-electron chi connectivity index (χ0n) is 6.30. The number of hydrogen-bond donors (Lipinski definition) is 0. The van der Waals surface area contributed by atoms with E-state index in [2.05, 4.69) is 11.1 Å². The van der Waals surface area contributed by atoms with E-state index in [1.807, 2.05) is 7.05 Å². The van der Waals surface area contributed by atoms with E-state index < -0.39 is 0 Å². The van der Waals surface area contributed by atoms with Crippen LogP contribution in [-0.2, 0) is 0 Å². The van der Waals surface area contributed by atoms with Gasteiger partial charge in [0.05, 0.1) is 6.07 Å². The van der Waals surface area contributed by atoms with Crippen molar-refractivity contribution in [2.75, 3.05) is 7.05 Å². The molecule has 0 bridgehead atoms. The van der Waals surface area contributed by atoms with Crippen molar-refractivity contribution in [1.29, 1.82) is 5.26 Å². The summed E-state index contributed by atoms with van der Waals surface area (Å²) in [4.78, 5) is 4.12. The molecule has 0 N–H and O–H groups in total. The first-order valence-electron chi connectivity index (χ1n) is 3.71. The topological polar surface area (TPSA) is 36.1 Å². The van der Waals surface area contributed by atoms with Gasteiger partial charge >= 0.3 is 0 Å². The average molecular weight is 136 g/mol. The van der Waals surface area contributed by atoms with Gasteiger partial charge in [0.25, 0.3) is 0 Å². The average Bonchev–Trinajstić information content (AvgIpc) is 2.05. The van der Waals surface area contributed by atoms with Crippen molar-refractivity contribution in [3.05, 3.63) is 0 Å². The first-order chi connectivity index (χ1) is 4.86. The summed E-state index contributed by atoms with van der Waals surface area (Å²) >= 11 is 0. The van der Waals surface area contributed by atoms with Gasteiger partial charge in [-0.3, -0.25) is 4.99 Å². The number of nitriles is 1. The molecule has 54 valence electrons. The largest absolute Gasteiger partial charge is 0.297 e. The quantitative estimate of drug-likeness (QED) is 0.500. The summed E-state index contributed by atoms with van der Waals surface area (Å²) in [5.41, 5.74) is 1.28. The van der Waals surface area contributed by atoms with Gasteiger partial charge in [-0.1, -0.05) is 0 Å². The molecule has 0 atom stereocenters. The summed E-state index contributed by atoms with van der Waals surface area (Å²) in [5.74, 6) is 0.297. The maximum atomic E-state index is 8.56. The molecule has 0 spiro atoms. The molecule has 2 heteroatoms. The molecule has 0 saturated heterocycles. The summed E-state index contributed by atoms with van der Waals surface area (Å²) < 4.78 is 0. The third-order valence-electron chi connectivity index (χ3n) is 2.06. The fraction of sp³-hybridized carbons (Fsp3) is 0.750. The van der Waals surface area contributed by atoms with Gasteiger partial charge in [-0.25, -0.2) is 0 Å². The molecule has 0 aliphatic heterocycles. The van der Waals surface area contributed by atoms with Crippen molar-refractivity contribution in [2.45, 2.75) is 25.7 Å². The van der Waals surface area contributed by atoms with Gasteiger partial charge in [-0.15, -0.1) is 0 Å². The van der Waals surface area contributed by atoms with E-state index in [0.717, 1.165) is 25.7 Å². The first-order valence-corrected chi connectivity index (χ1v) is 3.71. The van der Waals surface area contributed by atoms with Crippen LogP contribution in [0.15, 0.2) is 4.99 Å². The lowest BCUT2D eigenvalue weighted by Crippen LogP contribution is -2.12. The van der Waals surface area contributed by atoms with Crippen LogP contribution in [0.5, 0.6) is 0 Å². The zero-order valence-corrected chi connectivity index (χ0v) is 6.30. The van der Waals surface area contributed by atoms with E-state index in [9.17, 15) is 0 Å². The second-order valence-electron chi connectivity index (χ2n) is 2.69. The second-order valence-corrected chi connectivity index (χ2v) is 2.69. The summed E-state index contributed by atoms with van der Waals surface area (Å²) in [7, 11) is 1.84. The molecule has 10 heavy (non-hydrogen) atoms. The maximum absolute atomic E-state index is 8.56. The Hall–Kier alpha value is -0.840. The minimum atomic E-state index is 0.297. The highest BCUT2D eigenvalue weighted by molar-refractivity contribution is 5.85. The molecule has 0 aromatic carbocycles. The first kappa shape index (κ1) is 7.27. The predicted molar refractivity (Wildman–Crippen MR) is 40.9 cm³/mol. The van der Waals surface area contributed by atoms with Gasteiger partial charge in [-0.05, 0) is 25.7 Å². The van der Waals surface area contributed by atoms with Crippen LogP contribution in [0.3, 0.4) is 0 Å². The highest BCUT2D eigenvalue weighted by Gasteiger charge is 2.15. The summed E-state index contributed by atoms with van der Waals surface area (Å²) in [6.07, 6.45) is 4.11. The van der Waals surface area contributed by atoms with Gasteiger partial charge in [0.2, 0.25) is 0 Å². The second kappa shape index (κ2) is 3.36. The lowest BCUT2D eigenvalue weighted by atomic mass is 9.89. The molecule has 1 aliphatic carbocycles. The van der Waals surface area contributed by atoms with Crippen molar-refractivity contribution in [1.82, 2.24) is 0 Å². The molecule has 1 fully saturated rings. The van der Waals surface area contributed by atoms with Crippen molar-refractivity contribution < 1.29 is 0 Å².